The lowest BCUT2D eigenvalue weighted by Gasteiger charge is -2.15. The van der Waals surface area contributed by atoms with Crippen molar-refractivity contribution in [3.8, 4) is 0 Å². The number of benzene rings is 2. The minimum absolute atomic E-state index is 0.261. The summed E-state index contributed by atoms with van der Waals surface area (Å²) in [6.45, 7) is 0.261. The van der Waals surface area contributed by atoms with Gasteiger partial charge in [-0.2, -0.15) is 0 Å². The Bertz CT molecular complexity index is 598. The molecule has 0 heterocycles. The van der Waals surface area contributed by atoms with E-state index in [4.69, 9.17) is 46.4 Å². The van der Waals surface area contributed by atoms with Gasteiger partial charge in [0.1, 0.15) is 0 Å². The molecule has 2 aromatic carbocycles. The lowest BCUT2D eigenvalue weighted by atomic mass is 10.1. The molecular formula is C14H11Cl4NO. The van der Waals surface area contributed by atoms with Crippen molar-refractivity contribution >= 4 is 52.1 Å². The van der Waals surface area contributed by atoms with Crippen LogP contribution in [0, 0.1) is 0 Å². The van der Waals surface area contributed by atoms with Crippen molar-refractivity contribution in [1.29, 1.82) is 0 Å². The SMILES string of the molecule is OC(CNc1cc(Cl)cc(Cl)c1)c1cc(Cl)ccc1Cl. The average Bonchev–Trinajstić information content (AvgIpc) is 2.38. The van der Waals surface area contributed by atoms with Gasteiger partial charge in [0.25, 0.3) is 0 Å². The molecule has 106 valence electrons. The van der Waals surface area contributed by atoms with Gasteiger partial charge in [0.05, 0.1) is 6.10 Å². The predicted octanol–water partition coefficient (Wildman–Crippen LogP) is 5.45. The summed E-state index contributed by atoms with van der Waals surface area (Å²) in [6.07, 6.45) is -0.793. The quantitative estimate of drug-likeness (QED) is 0.768. The number of aliphatic hydroxyl groups is 1. The summed E-state index contributed by atoms with van der Waals surface area (Å²) in [5.74, 6) is 0. The van der Waals surface area contributed by atoms with E-state index in [2.05, 4.69) is 5.32 Å². The molecule has 20 heavy (non-hydrogen) atoms. The van der Waals surface area contributed by atoms with Crippen LogP contribution in [0.5, 0.6) is 0 Å². The van der Waals surface area contributed by atoms with E-state index >= 15 is 0 Å². The van der Waals surface area contributed by atoms with Crippen LogP contribution in [0.25, 0.3) is 0 Å². The van der Waals surface area contributed by atoms with Gasteiger partial charge in [0.15, 0.2) is 0 Å². The number of hydrogen-bond acceptors (Lipinski definition) is 2. The molecule has 0 spiro atoms. The molecular weight excluding hydrogens is 340 g/mol. The Morgan fingerprint density at radius 1 is 0.900 bits per heavy atom. The fraction of sp³-hybridized carbons (Fsp3) is 0.143. The molecule has 1 atom stereocenters. The Balaban J connectivity index is 2.08. The van der Waals surface area contributed by atoms with Gasteiger partial charge in [0.2, 0.25) is 0 Å². The molecule has 0 amide bonds. The first kappa shape index (κ1) is 15.7. The monoisotopic (exact) mass is 349 g/mol. The molecule has 0 fully saturated rings. The lowest BCUT2D eigenvalue weighted by Crippen LogP contribution is -2.12. The van der Waals surface area contributed by atoms with Gasteiger partial charge in [-0.1, -0.05) is 46.4 Å². The Morgan fingerprint density at radius 2 is 1.55 bits per heavy atom. The number of aliphatic hydroxyl groups excluding tert-OH is 1. The molecule has 0 bridgehead atoms. The molecule has 0 aromatic heterocycles. The minimum Gasteiger partial charge on any atom is -0.387 e. The summed E-state index contributed by atoms with van der Waals surface area (Å²) >= 11 is 23.7. The molecule has 6 heteroatoms. The van der Waals surface area contributed by atoms with Crippen LogP contribution in [-0.2, 0) is 0 Å². The number of nitrogens with one attached hydrogen (secondary N) is 1. The van der Waals surface area contributed by atoms with Crippen LogP contribution in [0.1, 0.15) is 11.7 Å². The number of halogens is 4. The highest BCUT2D eigenvalue weighted by Gasteiger charge is 2.12. The van der Waals surface area contributed by atoms with E-state index in [-0.39, 0.29) is 6.54 Å². The van der Waals surface area contributed by atoms with E-state index in [0.717, 1.165) is 5.69 Å². The molecule has 0 radical (unpaired) electrons. The second kappa shape index (κ2) is 6.88. The van der Waals surface area contributed by atoms with Gasteiger partial charge in [-0.25, -0.2) is 0 Å². The number of anilines is 1. The highest BCUT2D eigenvalue weighted by Crippen LogP contribution is 2.27. The maximum atomic E-state index is 10.2. The van der Waals surface area contributed by atoms with Crippen molar-refractivity contribution in [2.24, 2.45) is 0 Å². The third-order valence-corrected chi connectivity index (χ3v) is 3.69. The molecule has 2 N–H and O–H groups in total. The molecule has 2 rings (SSSR count). The minimum atomic E-state index is -0.793. The van der Waals surface area contributed by atoms with Crippen molar-refractivity contribution in [1.82, 2.24) is 0 Å². The largest absolute Gasteiger partial charge is 0.387 e. The van der Waals surface area contributed by atoms with Crippen LogP contribution in [0.2, 0.25) is 20.1 Å². The molecule has 0 aliphatic heterocycles. The summed E-state index contributed by atoms with van der Waals surface area (Å²) in [5, 5.41) is 15.2. The Hall–Kier alpha value is -0.640. The molecule has 2 aromatic rings. The average molecular weight is 351 g/mol. The zero-order valence-corrected chi connectivity index (χ0v) is 13.2. The Morgan fingerprint density at radius 3 is 2.20 bits per heavy atom. The van der Waals surface area contributed by atoms with Crippen LogP contribution in [0.3, 0.4) is 0 Å². The summed E-state index contributed by atoms with van der Waals surface area (Å²) in [7, 11) is 0. The zero-order chi connectivity index (χ0) is 14.7. The highest BCUT2D eigenvalue weighted by molar-refractivity contribution is 6.35. The van der Waals surface area contributed by atoms with Crippen molar-refractivity contribution in [3.05, 3.63) is 62.1 Å². The molecule has 0 saturated heterocycles. The standard InChI is InChI=1S/C14H11Cl4NO/c15-8-1-2-13(18)12(6-8)14(20)7-19-11-4-9(16)3-10(17)5-11/h1-6,14,19-20H,7H2. The predicted molar refractivity (Wildman–Crippen MR) is 86.4 cm³/mol. The van der Waals surface area contributed by atoms with Crippen LogP contribution in [0.15, 0.2) is 36.4 Å². The number of hydrogen-bond donors (Lipinski definition) is 2. The van der Waals surface area contributed by atoms with Crippen LogP contribution in [-0.4, -0.2) is 11.7 Å². The van der Waals surface area contributed by atoms with E-state index in [1.807, 2.05) is 0 Å². The molecule has 0 aliphatic carbocycles. The van der Waals surface area contributed by atoms with E-state index in [0.29, 0.717) is 25.7 Å². The first-order valence-corrected chi connectivity index (χ1v) is 7.30. The molecule has 2 nitrogen and oxygen atoms in total. The smallest absolute Gasteiger partial charge is 0.0977 e. The molecule has 1 unspecified atom stereocenters. The molecule has 0 saturated carbocycles. The first-order chi connectivity index (χ1) is 9.45. The summed E-state index contributed by atoms with van der Waals surface area (Å²) in [4.78, 5) is 0. The maximum Gasteiger partial charge on any atom is 0.0977 e. The van der Waals surface area contributed by atoms with Crippen molar-refractivity contribution in [3.63, 3.8) is 0 Å². The Labute approximate surface area is 137 Å². The van der Waals surface area contributed by atoms with Gasteiger partial charge in [-0.3, -0.25) is 0 Å². The van der Waals surface area contributed by atoms with Gasteiger partial charge in [-0.05, 0) is 36.4 Å². The van der Waals surface area contributed by atoms with E-state index in [9.17, 15) is 5.11 Å². The number of rotatable bonds is 4. The summed E-state index contributed by atoms with van der Waals surface area (Å²) in [6, 6.07) is 10.0. The van der Waals surface area contributed by atoms with E-state index in [1.54, 1.807) is 36.4 Å². The second-order valence-corrected chi connectivity index (χ2v) is 5.94. The second-order valence-electron chi connectivity index (χ2n) is 4.22. The van der Waals surface area contributed by atoms with Gasteiger partial charge in [-0.15, -0.1) is 0 Å². The highest BCUT2D eigenvalue weighted by atomic mass is 35.5. The van der Waals surface area contributed by atoms with Crippen molar-refractivity contribution < 1.29 is 5.11 Å². The lowest BCUT2D eigenvalue weighted by molar-refractivity contribution is 0.192. The zero-order valence-electron chi connectivity index (χ0n) is 10.2. The van der Waals surface area contributed by atoms with Crippen LogP contribution >= 0.6 is 46.4 Å². The van der Waals surface area contributed by atoms with Gasteiger partial charge in [0, 0.05) is 37.9 Å². The van der Waals surface area contributed by atoms with Crippen molar-refractivity contribution in [2.45, 2.75) is 6.10 Å². The fourth-order valence-corrected chi connectivity index (χ4v) is 2.70. The van der Waals surface area contributed by atoms with Gasteiger partial charge >= 0.3 is 0 Å². The Kier molecular flexibility index (Phi) is 5.42. The third-order valence-electron chi connectivity index (χ3n) is 2.68. The van der Waals surface area contributed by atoms with Gasteiger partial charge < -0.3 is 10.4 Å². The van der Waals surface area contributed by atoms with E-state index < -0.39 is 6.10 Å². The first-order valence-electron chi connectivity index (χ1n) is 5.78. The summed E-state index contributed by atoms with van der Waals surface area (Å²) < 4.78 is 0. The summed E-state index contributed by atoms with van der Waals surface area (Å²) in [5.41, 5.74) is 1.29. The maximum absolute atomic E-state index is 10.2. The molecule has 0 aliphatic rings. The topological polar surface area (TPSA) is 32.3 Å². The van der Waals surface area contributed by atoms with E-state index in [1.165, 1.54) is 0 Å². The van der Waals surface area contributed by atoms with Crippen molar-refractivity contribution in [2.75, 3.05) is 11.9 Å². The van der Waals surface area contributed by atoms with Crippen LogP contribution in [0.4, 0.5) is 5.69 Å². The van der Waals surface area contributed by atoms with Crippen LogP contribution < -0.4 is 5.32 Å². The third kappa shape index (κ3) is 4.18. The normalized spacial score (nSPS) is 12.2. The fourth-order valence-electron chi connectivity index (χ4n) is 1.75.